The van der Waals surface area contributed by atoms with Crippen LogP contribution in [-0.2, 0) is 18.0 Å². The molecule has 3 aliphatic rings. The molecule has 1 N–H and O–H groups in total. The van der Waals surface area contributed by atoms with Crippen molar-refractivity contribution in [1.29, 1.82) is 0 Å². The fourth-order valence-corrected chi connectivity index (χ4v) is 4.21. The van der Waals surface area contributed by atoms with Crippen LogP contribution in [0.15, 0.2) is 84.1 Å². The van der Waals surface area contributed by atoms with Crippen LogP contribution in [0, 0.1) is 5.92 Å². The monoisotopic (exact) mass is 444 g/mol. The average molecular weight is 445 g/mol. The van der Waals surface area contributed by atoms with Gasteiger partial charge in [-0.15, -0.1) is 0 Å². The molecule has 1 aliphatic carbocycles. The zero-order valence-electron chi connectivity index (χ0n) is 18.5. The van der Waals surface area contributed by atoms with E-state index in [4.69, 9.17) is 9.57 Å². The summed E-state index contributed by atoms with van der Waals surface area (Å²) in [5.74, 6) is 1.44. The quantitative estimate of drug-likeness (QED) is 0.766. The lowest BCUT2D eigenvalue weighted by Gasteiger charge is -2.34. The lowest BCUT2D eigenvalue weighted by atomic mass is 9.97. The largest absolute Gasteiger partial charge is 0.489 e. The van der Waals surface area contributed by atoms with Crippen LogP contribution in [0.25, 0.3) is 0 Å². The first-order valence-electron chi connectivity index (χ1n) is 11.4. The molecule has 2 unspecified atom stereocenters. The van der Waals surface area contributed by atoms with E-state index in [1.807, 2.05) is 59.5 Å². The number of hydrogen-bond acceptors (Lipinski definition) is 5. The molecule has 5 rings (SSSR count). The van der Waals surface area contributed by atoms with Gasteiger partial charge in [0, 0.05) is 32.7 Å². The summed E-state index contributed by atoms with van der Waals surface area (Å²) in [6, 6.07) is 18.3. The summed E-state index contributed by atoms with van der Waals surface area (Å²) < 4.78 is 5.87. The van der Waals surface area contributed by atoms with Crippen molar-refractivity contribution in [3.63, 3.8) is 0 Å². The van der Waals surface area contributed by atoms with Crippen LogP contribution in [0.3, 0.4) is 0 Å². The van der Waals surface area contributed by atoms with Gasteiger partial charge in [0.1, 0.15) is 12.4 Å². The topological polar surface area (TPSA) is 66.4 Å². The van der Waals surface area contributed by atoms with E-state index in [0.717, 1.165) is 30.9 Å². The molecule has 33 heavy (non-hydrogen) atoms. The predicted octanol–water partition coefficient (Wildman–Crippen LogP) is 3.55. The molecule has 2 aromatic rings. The molecule has 7 heteroatoms. The first-order chi connectivity index (χ1) is 16.2. The molecule has 1 saturated heterocycles. The van der Waals surface area contributed by atoms with Crippen molar-refractivity contribution >= 4 is 11.9 Å². The first-order valence-corrected chi connectivity index (χ1v) is 11.4. The Balaban J connectivity index is 1.06. The van der Waals surface area contributed by atoms with Gasteiger partial charge in [0.25, 0.3) is 0 Å². The Labute approximate surface area is 194 Å². The Morgan fingerprint density at radius 1 is 0.970 bits per heavy atom. The van der Waals surface area contributed by atoms with Gasteiger partial charge in [-0.25, -0.2) is 4.79 Å². The van der Waals surface area contributed by atoms with E-state index >= 15 is 0 Å². The van der Waals surface area contributed by atoms with E-state index < -0.39 is 0 Å². The highest BCUT2D eigenvalue weighted by molar-refractivity contribution is 6.00. The molecule has 1 fully saturated rings. The van der Waals surface area contributed by atoms with Crippen LogP contribution in [0.5, 0.6) is 5.75 Å². The van der Waals surface area contributed by atoms with Gasteiger partial charge in [-0.1, -0.05) is 65.8 Å². The Morgan fingerprint density at radius 2 is 1.73 bits per heavy atom. The van der Waals surface area contributed by atoms with Crippen LogP contribution in [0.4, 0.5) is 4.79 Å². The number of amides is 2. The molecular weight excluding hydrogens is 416 g/mol. The minimum atomic E-state index is -0.114. The fraction of sp³-hybridized carbons (Fsp3) is 0.308. The van der Waals surface area contributed by atoms with Crippen molar-refractivity contribution in [3.8, 4) is 5.75 Å². The van der Waals surface area contributed by atoms with Crippen LogP contribution >= 0.6 is 0 Å². The van der Waals surface area contributed by atoms with Gasteiger partial charge in [-0.05, 0) is 29.3 Å². The highest BCUT2D eigenvalue weighted by atomic mass is 16.6. The molecule has 0 spiro atoms. The number of piperazine rings is 1. The number of carbonyl (C=O) groups is 1. The van der Waals surface area contributed by atoms with Crippen molar-refractivity contribution < 1.29 is 14.4 Å². The number of hydrogen-bond donors (Lipinski definition) is 1. The molecule has 2 amide bonds. The molecule has 0 saturated carbocycles. The van der Waals surface area contributed by atoms with Gasteiger partial charge >= 0.3 is 6.03 Å². The number of benzene rings is 2. The maximum atomic E-state index is 12.7. The molecule has 0 aromatic heterocycles. The van der Waals surface area contributed by atoms with Crippen molar-refractivity contribution in [1.82, 2.24) is 15.1 Å². The highest BCUT2D eigenvalue weighted by Crippen LogP contribution is 2.23. The Morgan fingerprint density at radius 3 is 2.52 bits per heavy atom. The summed E-state index contributed by atoms with van der Waals surface area (Å²) >= 11 is 0. The van der Waals surface area contributed by atoms with Crippen LogP contribution in [0.1, 0.15) is 11.1 Å². The van der Waals surface area contributed by atoms with E-state index in [9.17, 15) is 4.79 Å². The van der Waals surface area contributed by atoms with Gasteiger partial charge in [0.05, 0.1) is 5.92 Å². The van der Waals surface area contributed by atoms with Gasteiger partial charge in [-0.2, -0.15) is 0 Å². The SMILES string of the molecule is O=C(NC1=NOC2C=CC=CC12)N1CCN(Cc2ccc(OCc3ccccc3)cc2)CC1. The molecular formula is C26H28N4O3. The molecule has 2 atom stereocenters. The van der Waals surface area contributed by atoms with Gasteiger partial charge in [0.2, 0.25) is 0 Å². The van der Waals surface area contributed by atoms with Crippen molar-refractivity contribution in [2.45, 2.75) is 19.3 Å². The minimum Gasteiger partial charge on any atom is -0.489 e. The number of carbonyl (C=O) groups excluding carboxylic acids is 1. The van der Waals surface area contributed by atoms with Crippen LogP contribution in [0.2, 0.25) is 0 Å². The second kappa shape index (κ2) is 9.92. The summed E-state index contributed by atoms with van der Waals surface area (Å²) in [4.78, 5) is 22.3. The van der Waals surface area contributed by atoms with Gasteiger partial charge < -0.3 is 14.5 Å². The number of allylic oxidation sites excluding steroid dienone is 2. The minimum absolute atomic E-state index is 0.0140. The number of nitrogens with zero attached hydrogens (tertiary/aromatic N) is 3. The predicted molar refractivity (Wildman–Crippen MR) is 127 cm³/mol. The summed E-state index contributed by atoms with van der Waals surface area (Å²) in [5, 5.41) is 6.99. The normalized spacial score (nSPS) is 21.8. The second-order valence-electron chi connectivity index (χ2n) is 8.45. The third-order valence-electron chi connectivity index (χ3n) is 6.15. The zero-order valence-corrected chi connectivity index (χ0v) is 18.5. The maximum absolute atomic E-state index is 12.7. The molecule has 0 bridgehead atoms. The number of rotatable bonds is 5. The molecule has 0 radical (unpaired) electrons. The average Bonchev–Trinajstić information content (AvgIpc) is 3.27. The summed E-state index contributed by atoms with van der Waals surface area (Å²) in [7, 11) is 0. The van der Waals surface area contributed by atoms with Gasteiger partial charge in [-0.3, -0.25) is 10.2 Å². The molecule has 170 valence electrons. The number of oxime groups is 1. The molecule has 2 aromatic carbocycles. The molecule has 2 aliphatic heterocycles. The number of ether oxygens (including phenoxy) is 1. The van der Waals surface area contributed by atoms with E-state index in [0.29, 0.717) is 25.5 Å². The molecule has 2 heterocycles. The van der Waals surface area contributed by atoms with Crippen molar-refractivity contribution in [2.75, 3.05) is 26.2 Å². The first kappa shape index (κ1) is 21.3. The maximum Gasteiger partial charge on any atom is 0.322 e. The number of urea groups is 1. The number of nitrogens with one attached hydrogen (secondary N) is 1. The Bertz CT molecular complexity index is 1040. The van der Waals surface area contributed by atoms with E-state index in [1.165, 1.54) is 5.56 Å². The van der Waals surface area contributed by atoms with Gasteiger partial charge in [0.15, 0.2) is 11.9 Å². The van der Waals surface area contributed by atoms with E-state index in [1.54, 1.807) is 0 Å². The van der Waals surface area contributed by atoms with E-state index in [2.05, 4.69) is 39.6 Å². The Hall–Kier alpha value is -3.58. The molecule has 7 nitrogen and oxygen atoms in total. The second-order valence-corrected chi connectivity index (χ2v) is 8.45. The zero-order chi connectivity index (χ0) is 22.5. The fourth-order valence-electron chi connectivity index (χ4n) is 4.21. The van der Waals surface area contributed by atoms with Crippen LogP contribution in [-0.4, -0.2) is 53.9 Å². The van der Waals surface area contributed by atoms with Crippen molar-refractivity contribution in [2.24, 2.45) is 11.1 Å². The third-order valence-corrected chi connectivity index (χ3v) is 6.15. The Kier molecular flexibility index (Phi) is 6.39. The van der Waals surface area contributed by atoms with E-state index in [-0.39, 0.29) is 18.1 Å². The number of fused-ring (bicyclic) bond motifs is 1. The highest BCUT2D eigenvalue weighted by Gasteiger charge is 2.33. The third kappa shape index (κ3) is 5.26. The van der Waals surface area contributed by atoms with Crippen molar-refractivity contribution in [3.05, 3.63) is 90.0 Å². The lowest BCUT2D eigenvalue weighted by Crippen LogP contribution is -2.53. The smallest absolute Gasteiger partial charge is 0.322 e. The standard InChI is InChI=1S/C26H28N4O3/c31-26(27-25-23-8-4-5-9-24(23)33-28-25)30-16-14-29(15-17-30)18-20-10-12-22(13-11-20)32-19-21-6-2-1-3-7-21/h1-13,23-24H,14-19H2,(H,27,28,31). The lowest BCUT2D eigenvalue weighted by molar-refractivity contribution is 0.105. The van der Waals surface area contributed by atoms with Crippen LogP contribution < -0.4 is 10.1 Å². The number of amidine groups is 1. The summed E-state index contributed by atoms with van der Waals surface area (Å²) in [6.45, 7) is 4.45. The summed E-state index contributed by atoms with van der Waals surface area (Å²) in [5.41, 5.74) is 2.39. The summed E-state index contributed by atoms with van der Waals surface area (Å²) in [6.07, 6.45) is 7.74.